The van der Waals surface area contributed by atoms with E-state index in [0.717, 1.165) is 12.8 Å². The molecule has 9 nitrogen and oxygen atoms in total. The lowest BCUT2D eigenvalue weighted by molar-refractivity contribution is -0.192. The average molecular weight is 429 g/mol. The number of carboxylic acid groups (broad SMARTS) is 1. The molecule has 13 heteroatoms. The number of hydrogen-bond donors (Lipinski definition) is 1. The van der Waals surface area contributed by atoms with Crippen molar-refractivity contribution in [1.82, 2.24) is 13.9 Å². The molecule has 1 aromatic heterocycles. The highest BCUT2D eigenvalue weighted by Crippen LogP contribution is 2.36. The predicted molar refractivity (Wildman–Crippen MR) is 88.9 cm³/mol. The topological polar surface area (TPSA) is 111 Å². The van der Waals surface area contributed by atoms with Gasteiger partial charge in [0.25, 0.3) is 10.0 Å². The number of hydrogen-bond acceptors (Lipinski definition) is 6. The number of nitrogens with zero attached hydrogens (tertiary/aromatic N) is 3. The van der Waals surface area contributed by atoms with E-state index in [-0.39, 0.29) is 17.2 Å². The minimum absolute atomic E-state index is 0.0302. The number of sulfonamides is 1. The van der Waals surface area contributed by atoms with Gasteiger partial charge in [0.05, 0.1) is 25.1 Å². The number of ether oxygens (including phenoxy) is 2. The number of morpholine rings is 1. The summed E-state index contributed by atoms with van der Waals surface area (Å²) < 4.78 is 71.5. The summed E-state index contributed by atoms with van der Waals surface area (Å²) in [5, 5.41) is 7.24. The zero-order chi connectivity index (χ0) is 21.1. The third kappa shape index (κ3) is 5.21. The van der Waals surface area contributed by atoms with Crippen molar-refractivity contribution >= 4 is 16.0 Å². The number of carboxylic acids is 1. The van der Waals surface area contributed by atoms with Gasteiger partial charge in [-0.1, -0.05) is 0 Å². The molecule has 2 aliphatic rings. The molecule has 2 heterocycles. The molecule has 0 amide bonds. The molecular formula is C15H22F3N3O6S. The van der Waals surface area contributed by atoms with Crippen LogP contribution in [0.2, 0.25) is 0 Å². The fourth-order valence-corrected chi connectivity index (χ4v) is 4.94. The van der Waals surface area contributed by atoms with Crippen molar-refractivity contribution < 1.29 is 41.0 Å². The molecule has 0 spiro atoms. The van der Waals surface area contributed by atoms with Crippen molar-refractivity contribution in [1.29, 1.82) is 0 Å². The Morgan fingerprint density at radius 1 is 1.43 bits per heavy atom. The standard InChI is InChI=1S/C13H21N3O4S.C2HF3O2/c1-15-7-13(14-9-15)21(17,18)16-3-4-20-12-6-10(8-19-2)5-11(12)16;3-2(4,5)1(6)7/h7,9-12H,3-6,8H2,1-2H3;(H,6,7)/t10?,11-,12-;/m0./s1. The van der Waals surface area contributed by atoms with Crippen LogP contribution in [-0.2, 0) is 31.3 Å². The van der Waals surface area contributed by atoms with Gasteiger partial charge < -0.3 is 19.1 Å². The van der Waals surface area contributed by atoms with E-state index in [2.05, 4.69) is 4.98 Å². The predicted octanol–water partition coefficient (Wildman–Crippen LogP) is 0.868. The second-order valence-electron chi connectivity index (χ2n) is 6.57. The first kappa shape index (κ1) is 22.6. The van der Waals surface area contributed by atoms with Gasteiger partial charge in [0.2, 0.25) is 0 Å². The van der Waals surface area contributed by atoms with Gasteiger partial charge in [-0.05, 0) is 18.8 Å². The van der Waals surface area contributed by atoms with Crippen LogP contribution in [0.25, 0.3) is 0 Å². The Hall–Kier alpha value is -1.70. The first-order valence-corrected chi connectivity index (χ1v) is 9.81. The summed E-state index contributed by atoms with van der Waals surface area (Å²) in [4.78, 5) is 12.9. The summed E-state index contributed by atoms with van der Waals surface area (Å²) in [7, 11) is -0.119. The molecule has 3 rings (SSSR count). The quantitative estimate of drug-likeness (QED) is 0.756. The van der Waals surface area contributed by atoms with Gasteiger partial charge in [-0.2, -0.15) is 17.5 Å². The van der Waals surface area contributed by atoms with Crippen LogP contribution in [-0.4, -0.2) is 78.5 Å². The number of fused-ring (bicyclic) bond motifs is 1. The number of halogens is 3. The van der Waals surface area contributed by atoms with Gasteiger partial charge in [0.1, 0.15) is 0 Å². The smallest absolute Gasteiger partial charge is 0.475 e. The van der Waals surface area contributed by atoms with Crippen LogP contribution in [0.3, 0.4) is 0 Å². The highest BCUT2D eigenvalue weighted by molar-refractivity contribution is 7.89. The summed E-state index contributed by atoms with van der Waals surface area (Å²) in [6, 6.07) is -0.106. The molecule has 3 atom stereocenters. The number of alkyl halides is 3. The van der Waals surface area contributed by atoms with E-state index in [9.17, 15) is 21.6 Å². The summed E-state index contributed by atoms with van der Waals surface area (Å²) in [6.07, 6.45) is -0.427. The van der Waals surface area contributed by atoms with Crippen molar-refractivity contribution in [3.8, 4) is 0 Å². The molecule has 1 saturated carbocycles. The summed E-state index contributed by atoms with van der Waals surface area (Å²) in [5.41, 5.74) is 0. The van der Waals surface area contributed by atoms with Gasteiger partial charge in [-0.15, -0.1) is 0 Å². The summed E-state index contributed by atoms with van der Waals surface area (Å²) >= 11 is 0. The third-order valence-electron chi connectivity index (χ3n) is 4.48. The monoisotopic (exact) mass is 429 g/mol. The Bertz CT molecular complexity index is 782. The van der Waals surface area contributed by atoms with E-state index in [1.165, 1.54) is 6.33 Å². The van der Waals surface area contributed by atoms with Crippen molar-refractivity contribution in [2.75, 3.05) is 26.9 Å². The molecule has 2 fully saturated rings. The van der Waals surface area contributed by atoms with Crippen molar-refractivity contribution in [2.24, 2.45) is 13.0 Å². The van der Waals surface area contributed by atoms with Gasteiger partial charge in [0.15, 0.2) is 5.03 Å². The summed E-state index contributed by atoms with van der Waals surface area (Å²) in [6.45, 7) is 1.47. The normalized spacial score (nSPS) is 25.7. The maximum Gasteiger partial charge on any atom is 0.490 e. The molecule has 160 valence electrons. The molecule has 0 aromatic carbocycles. The minimum Gasteiger partial charge on any atom is -0.475 e. The molecule has 28 heavy (non-hydrogen) atoms. The van der Waals surface area contributed by atoms with E-state index in [1.807, 2.05) is 0 Å². The van der Waals surface area contributed by atoms with Crippen LogP contribution in [0, 0.1) is 5.92 Å². The van der Waals surface area contributed by atoms with E-state index in [4.69, 9.17) is 19.4 Å². The van der Waals surface area contributed by atoms with Crippen molar-refractivity contribution in [3.63, 3.8) is 0 Å². The molecule has 0 bridgehead atoms. The number of imidazole rings is 1. The van der Waals surface area contributed by atoms with Gasteiger partial charge >= 0.3 is 12.1 Å². The van der Waals surface area contributed by atoms with E-state index >= 15 is 0 Å². The minimum atomic E-state index is -5.08. The second kappa shape index (κ2) is 8.76. The number of methoxy groups -OCH3 is 1. The number of aromatic nitrogens is 2. The van der Waals surface area contributed by atoms with Gasteiger partial charge in [0, 0.05) is 33.5 Å². The molecule has 1 aromatic rings. The SMILES string of the molecule is COCC1C[C@@H]2OCCN(S(=O)(=O)c3cn(C)cn3)[C@H]2C1.O=C(O)C(F)(F)F. The highest BCUT2D eigenvalue weighted by atomic mass is 32.2. The first-order valence-electron chi connectivity index (χ1n) is 8.37. The van der Waals surface area contributed by atoms with Crippen LogP contribution < -0.4 is 0 Å². The van der Waals surface area contributed by atoms with E-state index in [0.29, 0.717) is 25.7 Å². The maximum atomic E-state index is 12.8. The second-order valence-corrected chi connectivity index (χ2v) is 8.40. The zero-order valence-corrected chi connectivity index (χ0v) is 16.1. The Balaban J connectivity index is 0.000000345. The number of rotatable bonds is 4. The molecule has 1 aliphatic carbocycles. The lowest BCUT2D eigenvalue weighted by Crippen LogP contribution is -2.51. The van der Waals surface area contributed by atoms with Crippen LogP contribution in [0.4, 0.5) is 13.2 Å². The van der Waals surface area contributed by atoms with Gasteiger partial charge in [-0.25, -0.2) is 18.2 Å². The first-order chi connectivity index (χ1) is 13.0. The molecule has 0 radical (unpaired) electrons. The molecule has 1 N–H and O–H groups in total. The largest absolute Gasteiger partial charge is 0.490 e. The van der Waals surface area contributed by atoms with E-state index < -0.39 is 22.2 Å². The number of carbonyl (C=O) groups is 1. The van der Waals surface area contributed by atoms with Crippen LogP contribution in [0.5, 0.6) is 0 Å². The Morgan fingerprint density at radius 3 is 2.57 bits per heavy atom. The summed E-state index contributed by atoms with van der Waals surface area (Å²) in [5.74, 6) is -2.41. The lowest BCUT2D eigenvalue weighted by atomic mass is 10.1. The fraction of sp³-hybridized carbons (Fsp3) is 0.733. The van der Waals surface area contributed by atoms with Crippen molar-refractivity contribution in [3.05, 3.63) is 12.5 Å². The maximum absolute atomic E-state index is 12.8. The molecule has 1 unspecified atom stereocenters. The Kier molecular flexibility index (Phi) is 7.07. The van der Waals surface area contributed by atoms with Crippen molar-refractivity contribution in [2.45, 2.75) is 36.2 Å². The van der Waals surface area contributed by atoms with Gasteiger partial charge in [-0.3, -0.25) is 0 Å². The third-order valence-corrected chi connectivity index (χ3v) is 6.29. The fourth-order valence-electron chi connectivity index (χ4n) is 3.33. The molecule has 1 saturated heterocycles. The van der Waals surface area contributed by atoms with Crippen LogP contribution >= 0.6 is 0 Å². The molecular weight excluding hydrogens is 407 g/mol. The Morgan fingerprint density at radius 2 is 2.07 bits per heavy atom. The lowest BCUT2D eigenvalue weighted by Gasteiger charge is -2.35. The molecule has 1 aliphatic heterocycles. The van der Waals surface area contributed by atoms with Crippen LogP contribution in [0.15, 0.2) is 17.6 Å². The number of aliphatic carboxylic acids is 1. The number of aryl methyl sites for hydroxylation is 1. The Labute approximate surface area is 160 Å². The van der Waals surface area contributed by atoms with E-state index in [1.54, 1.807) is 29.2 Å². The van der Waals surface area contributed by atoms with Crippen LogP contribution in [0.1, 0.15) is 12.8 Å². The average Bonchev–Trinajstić information content (AvgIpc) is 3.20. The highest BCUT2D eigenvalue weighted by Gasteiger charge is 2.46. The zero-order valence-electron chi connectivity index (χ0n) is 15.3.